The van der Waals surface area contributed by atoms with Crippen molar-refractivity contribution in [2.24, 2.45) is 0 Å². The predicted octanol–water partition coefficient (Wildman–Crippen LogP) is 0.920. The number of nitrogens with zero attached hydrogens (tertiary/aromatic N) is 2. The van der Waals surface area contributed by atoms with E-state index in [1.54, 1.807) is 13.0 Å². The Morgan fingerprint density at radius 3 is 2.70 bits per heavy atom. The summed E-state index contributed by atoms with van der Waals surface area (Å²) in [5.74, 6) is 1.25. The van der Waals surface area contributed by atoms with Crippen molar-refractivity contribution in [3.63, 3.8) is 0 Å². The second-order valence-electron chi connectivity index (χ2n) is 4.76. The summed E-state index contributed by atoms with van der Waals surface area (Å²) in [6, 6.07) is 1.27. The van der Waals surface area contributed by atoms with Gasteiger partial charge >= 0.3 is 0 Å². The average Bonchev–Trinajstić information content (AvgIpc) is 2.34. The van der Waals surface area contributed by atoms with Crippen LogP contribution in [-0.2, 0) is 16.1 Å². The van der Waals surface area contributed by atoms with Gasteiger partial charge in [-0.15, -0.1) is 0 Å². The van der Waals surface area contributed by atoms with Gasteiger partial charge in [-0.1, -0.05) is 0 Å². The van der Waals surface area contributed by atoms with Crippen LogP contribution in [0.5, 0.6) is 0 Å². The zero-order chi connectivity index (χ0) is 15.1. The van der Waals surface area contributed by atoms with Crippen LogP contribution in [-0.4, -0.2) is 34.6 Å². The molecular weight excluding hydrogens is 258 g/mol. The molecule has 1 unspecified atom stereocenters. The number of ether oxygens (including phenoxy) is 1. The second kappa shape index (κ2) is 7.64. The Bertz CT molecular complexity index is 450. The van der Waals surface area contributed by atoms with Crippen LogP contribution in [0.3, 0.4) is 0 Å². The van der Waals surface area contributed by atoms with Crippen molar-refractivity contribution in [1.29, 1.82) is 0 Å². The third-order valence-electron chi connectivity index (χ3n) is 2.42. The lowest BCUT2D eigenvalue weighted by molar-refractivity contribution is -0.122. The number of carbonyl (C=O) groups is 1. The number of anilines is 2. The molecule has 1 atom stereocenters. The van der Waals surface area contributed by atoms with Crippen molar-refractivity contribution in [3.8, 4) is 0 Å². The van der Waals surface area contributed by atoms with Crippen molar-refractivity contribution in [2.45, 2.75) is 46.4 Å². The number of carbonyl (C=O) groups excluding carboxylic acids is 1. The van der Waals surface area contributed by atoms with Crippen LogP contribution >= 0.6 is 0 Å². The zero-order valence-electron chi connectivity index (χ0n) is 12.4. The molecule has 1 rings (SSSR count). The van der Waals surface area contributed by atoms with Gasteiger partial charge in [-0.25, -0.2) is 9.97 Å². The van der Waals surface area contributed by atoms with Crippen LogP contribution in [0.2, 0.25) is 0 Å². The fourth-order valence-electron chi connectivity index (χ4n) is 1.55. The van der Waals surface area contributed by atoms with E-state index in [9.17, 15) is 4.79 Å². The van der Waals surface area contributed by atoms with E-state index in [2.05, 4.69) is 20.6 Å². The molecule has 1 aromatic rings. The molecule has 7 heteroatoms. The van der Waals surface area contributed by atoms with E-state index in [1.807, 2.05) is 20.8 Å². The van der Waals surface area contributed by atoms with Crippen molar-refractivity contribution in [2.75, 3.05) is 17.7 Å². The normalized spacial score (nSPS) is 12.2. The molecule has 0 saturated carbocycles. The number of nitrogens with one attached hydrogen (secondary N) is 2. The molecule has 7 nitrogen and oxygen atoms in total. The molecule has 1 amide bonds. The Morgan fingerprint density at radius 1 is 1.40 bits per heavy atom. The minimum atomic E-state index is -0.411. The standard InChI is InChI=1S/C13H23N5O2/c1-5-20-7-12-17-10(14)6-11(18-12)16-9(4)13(19)15-8(2)3/h6,8-9H,5,7H2,1-4H3,(H,15,19)(H3,14,16,17,18). The van der Waals surface area contributed by atoms with Gasteiger partial charge in [-0.05, 0) is 27.7 Å². The summed E-state index contributed by atoms with van der Waals surface area (Å²) in [5, 5.41) is 5.83. The minimum absolute atomic E-state index is 0.0933. The minimum Gasteiger partial charge on any atom is -0.384 e. The lowest BCUT2D eigenvalue weighted by atomic mass is 10.3. The molecule has 1 heterocycles. The highest BCUT2D eigenvalue weighted by atomic mass is 16.5. The largest absolute Gasteiger partial charge is 0.384 e. The Morgan fingerprint density at radius 2 is 2.10 bits per heavy atom. The third kappa shape index (κ3) is 5.40. The molecule has 0 bridgehead atoms. The lowest BCUT2D eigenvalue weighted by Gasteiger charge is -2.17. The number of rotatable bonds is 7. The van der Waals surface area contributed by atoms with E-state index in [1.165, 1.54) is 0 Å². The van der Waals surface area contributed by atoms with Crippen LogP contribution in [0, 0.1) is 0 Å². The van der Waals surface area contributed by atoms with Crippen LogP contribution in [0.1, 0.15) is 33.5 Å². The number of aromatic nitrogens is 2. The van der Waals surface area contributed by atoms with E-state index in [0.29, 0.717) is 30.7 Å². The van der Waals surface area contributed by atoms with Gasteiger partial charge in [0.05, 0.1) is 0 Å². The van der Waals surface area contributed by atoms with Gasteiger partial charge in [0.25, 0.3) is 0 Å². The van der Waals surface area contributed by atoms with Gasteiger partial charge in [-0.3, -0.25) is 4.79 Å². The first kappa shape index (κ1) is 16.2. The molecule has 1 aromatic heterocycles. The maximum absolute atomic E-state index is 11.8. The van der Waals surface area contributed by atoms with Crippen molar-refractivity contribution in [3.05, 3.63) is 11.9 Å². The topological polar surface area (TPSA) is 102 Å². The average molecular weight is 281 g/mol. The third-order valence-corrected chi connectivity index (χ3v) is 2.42. The number of hydrogen-bond acceptors (Lipinski definition) is 6. The van der Waals surface area contributed by atoms with Crippen molar-refractivity contribution >= 4 is 17.5 Å². The van der Waals surface area contributed by atoms with Crippen molar-refractivity contribution < 1.29 is 9.53 Å². The molecular formula is C13H23N5O2. The smallest absolute Gasteiger partial charge is 0.242 e. The maximum atomic E-state index is 11.8. The van der Waals surface area contributed by atoms with E-state index >= 15 is 0 Å². The predicted molar refractivity (Wildman–Crippen MR) is 78.1 cm³/mol. The molecule has 0 aliphatic carbocycles. The molecule has 0 aromatic carbocycles. The number of hydrogen-bond donors (Lipinski definition) is 3. The maximum Gasteiger partial charge on any atom is 0.242 e. The second-order valence-corrected chi connectivity index (χ2v) is 4.76. The van der Waals surface area contributed by atoms with E-state index in [4.69, 9.17) is 10.5 Å². The molecule has 112 valence electrons. The zero-order valence-corrected chi connectivity index (χ0v) is 12.4. The van der Waals surface area contributed by atoms with Gasteiger partial charge in [0.1, 0.15) is 24.3 Å². The fourth-order valence-corrected chi connectivity index (χ4v) is 1.55. The highest BCUT2D eigenvalue weighted by Crippen LogP contribution is 2.10. The van der Waals surface area contributed by atoms with E-state index < -0.39 is 6.04 Å². The summed E-state index contributed by atoms with van der Waals surface area (Å²) in [6.45, 7) is 8.35. The lowest BCUT2D eigenvalue weighted by Crippen LogP contribution is -2.41. The van der Waals surface area contributed by atoms with Crippen LogP contribution in [0.4, 0.5) is 11.6 Å². The highest BCUT2D eigenvalue weighted by molar-refractivity contribution is 5.84. The Hall–Kier alpha value is -1.89. The van der Waals surface area contributed by atoms with Gasteiger partial charge in [0, 0.05) is 18.7 Å². The Labute approximate surface area is 119 Å². The van der Waals surface area contributed by atoms with Crippen LogP contribution in [0.15, 0.2) is 6.07 Å². The molecule has 20 heavy (non-hydrogen) atoms. The summed E-state index contributed by atoms with van der Waals surface area (Å²) in [4.78, 5) is 20.2. The van der Waals surface area contributed by atoms with E-state index in [-0.39, 0.29) is 11.9 Å². The molecule has 0 spiro atoms. The van der Waals surface area contributed by atoms with Gasteiger partial charge in [0.2, 0.25) is 5.91 Å². The monoisotopic (exact) mass is 281 g/mol. The van der Waals surface area contributed by atoms with Crippen molar-refractivity contribution in [1.82, 2.24) is 15.3 Å². The van der Waals surface area contributed by atoms with Gasteiger partial charge in [0.15, 0.2) is 5.82 Å². The molecule has 0 saturated heterocycles. The highest BCUT2D eigenvalue weighted by Gasteiger charge is 2.14. The summed E-state index contributed by atoms with van der Waals surface area (Å²) in [5.41, 5.74) is 5.72. The summed E-state index contributed by atoms with van der Waals surface area (Å²) in [7, 11) is 0. The SMILES string of the molecule is CCOCc1nc(N)cc(NC(C)C(=O)NC(C)C)n1. The summed E-state index contributed by atoms with van der Waals surface area (Å²) >= 11 is 0. The first-order valence-electron chi connectivity index (χ1n) is 6.70. The number of nitrogen functional groups attached to an aromatic ring is 1. The number of amides is 1. The summed E-state index contributed by atoms with van der Waals surface area (Å²) in [6.07, 6.45) is 0. The fraction of sp³-hybridized carbons (Fsp3) is 0.615. The Balaban J connectivity index is 2.71. The van der Waals surface area contributed by atoms with Crippen LogP contribution in [0.25, 0.3) is 0 Å². The molecule has 0 aliphatic heterocycles. The Kier molecular flexibility index (Phi) is 6.17. The molecule has 0 radical (unpaired) electrons. The molecule has 4 N–H and O–H groups in total. The summed E-state index contributed by atoms with van der Waals surface area (Å²) < 4.78 is 5.25. The van der Waals surface area contributed by atoms with Gasteiger partial charge in [-0.2, -0.15) is 0 Å². The quantitative estimate of drug-likeness (QED) is 0.687. The first-order chi connectivity index (χ1) is 9.42. The van der Waals surface area contributed by atoms with Gasteiger partial charge < -0.3 is 21.1 Å². The van der Waals surface area contributed by atoms with E-state index in [0.717, 1.165) is 0 Å². The first-order valence-corrected chi connectivity index (χ1v) is 6.70. The molecule has 0 aliphatic rings. The molecule has 0 fully saturated rings. The van der Waals surface area contributed by atoms with Crippen LogP contribution < -0.4 is 16.4 Å². The number of nitrogens with two attached hydrogens (primary N) is 1.